The summed E-state index contributed by atoms with van der Waals surface area (Å²) in [5.41, 5.74) is 13.6. The normalized spacial score (nSPS) is 14.6. The van der Waals surface area contributed by atoms with Crippen LogP contribution >= 0.6 is 0 Å². The number of nitrogen functional groups attached to an aromatic ring is 1. The van der Waals surface area contributed by atoms with Crippen LogP contribution in [0.3, 0.4) is 0 Å². The van der Waals surface area contributed by atoms with Crippen molar-refractivity contribution in [3.8, 4) is 11.4 Å². The summed E-state index contributed by atoms with van der Waals surface area (Å²) < 4.78 is 7.63. The van der Waals surface area contributed by atoms with Gasteiger partial charge < -0.3 is 26.4 Å². The molecule has 0 saturated carbocycles. The number of aromatic nitrogens is 6. The molecule has 0 bridgehead atoms. The van der Waals surface area contributed by atoms with Gasteiger partial charge in [0.1, 0.15) is 0 Å². The molecule has 0 atom stereocenters. The van der Waals surface area contributed by atoms with Crippen molar-refractivity contribution < 1.29 is 4.74 Å². The zero-order valence-electron chi connectivity index (χ0n) is 17.4. The highest BCUT2D eigenvalue weighted by atomic mass is 16.5. The molecule has 4 heterocycles. The van der Waals surface area contributed by atoms with Crippen molar-refractivity contribution >= 4 is 28.9 Å². The summed E-state index contributed by atoms with van der Waals surface area (Å²) in [4.78, 5) is 25.0. The van der Waals surface area contributed by atoms with Crippen LogP contribution in [-0.2, 0) is 11.3 Å². The fraction of sp³-hybridized carbons (Fsp3) is 0.526. The van der Waals surface area contributed by atoms with Crippen LogP contribution in [0.5, 0.6) is 0 Å². The van der Waals surface area contributed by atoms with Gasteiger partial charge in [-0.25, -0.2) is 24.9 Å². The SMILES string of the molecule is CC(C)Cn1c(NCCN)nc2c(N3CCOCC3)nc(-c3cnc(N)nc3)nc21. The topological polar surface area (TPSA) is 146 Å². The Balaban J connectivity index is 1.91. The van der Waals surface area contributed by atoms with Crippen LogP contribution in [0.2, 0.25) is 0 Å². The lowest BCUT2D eigenvalue weighted by atomic mass is 10.2. The van der Waals surface area contributed by atoms with Gasteiger partial charge in [0.2, 0.25) is 11.9 Å². The Morgan fingerprint density at radius 2 is 1.87 bits per heavy atom. The van der Waals surface area contributed by atoms with Gasteiger partial charge in [-0.1, -0.05) is 13.8 Å². The fourth-order valence-electron chi connectivity index (χ4n) is 3.42. The molecule has 160 valence electrons. The first kappa shape index (κ1) is 20.2. The molecule has 0 aliphatic carbocycles. The average molecular weight is 413 g/mol. The van der Waals surface area contributed by atoms with Crippen molar-refractivity contribution in [1.29, 1.82) is 0 Å². The van der Waals surface area contributed by atoms with Gasteiger partial charge in [-0.3, -0.25) is 4.57 Å². The lowest BCUT2D eigenvalue weighted by molar-refractivity contribution is 0.122. The monoisotopic (exact) mass is 412 g/mol. The van der Waals surface area contributed by atoms with E-state index in [4.69, 9.17) is 31.2 Å². The number of fused-ring (bicyclic) bond motifs is 1. The quantitative estimate of drug-likeness (QED) is 0.507. The summed E-state index contributed by atoms with van der Waals surface area (Å²) in [6.07, 6.45) is 3.28. The summed E-state index contributed by atoms with van der Waals surface area (Å²) in [7, 11) is 0. The molecule has 0 unspecified atom stereocenters. The summed E-state index contributed by atoms with van der Waals surface area (Å²) in [5, 5.41) is 3.33. The summed E-state index contributed by atoms with van der Waals surface area (Å²) in [6, 6.07) is 0. The number of anilines is 3. The molecule has 0 aromatic carbocycles. The standard InChI is InChI=1S/C19H28N10O/c1-12(2)11-29-17-14(25-19(29)22-4-3-20)16(28-5-7-30-8-6-28)26-15(27-17)13-9-23-18(21)24-10-13/h9-10,12H,3-8,11,20H2,1-2H3,(H,22,25)(H2,21,23,24). The summed E-state index contributed by atoms with van der Waals surface area (Å²) in [6.45, 7) is 9.02. The molecule has 1 saturated heterocycles. The van der Waals surface area contributed by atoms with E-state index in [-0.39, 0.29) is 5.95 Å². The van der Waals surface area contributed by atoms with Crippen LogP contribution in [0.25, 0.3) is 22.6 Å². The Morgan fingerprint density at radius 3 is 2.53 bits per heavy atom. The van der Waals surface area contributed by atoms with E-state index in [1.54, 1.807) is 12.4 Å². The highest BCUT2D eigenvalue weighted by Gasteiger charge is 2.24. The number of nitrogens with two attached hydrogens (primary N) is 2. The van der Waals surface area contributed by atoms with Crippen molar-refractivity contribution in [2.75, 3.05) is 55.3 Å². The molecule has 5 N–H and O–H groups in total. The third kappa shape index (κ3) is 4.12. The summed E-state index contributed by atoms with van der Waals surface area (Å²) >= 11 is 0. The van der Waals surface area contributed by atoms with E-state index in [0.29, 0.717) is 43.6 Å². The molecule has 4 rings (SSSR count). The number of hydrogen-bond acceptors (Lipinski definition) is 10. The molecule has 1 aliphatic rings. The predicted octanol–water partition coefficient (Wildman–Crippen LogP) is 0.729. The van der Waals surface area contributed by atoms with Gasteiger partial charge in [0.15, 0.2) is 22.8 Å². The van der Waals surface area contributed by atoms with Gasteiger partial charge in [-0.15, -0.1) is 0 Å². The molecule has 1 fully saturated rings. The third-order valence-corrected chi connectivity index (χ3v) is 4.79. The first-order valence-electron chi connectivity index (χ1n) is 10.2. The highest BCUT2D eigenvalue weighted by Crippen LogP contribution is 2.30. The van der Waals surface area contributed by atoms with Crippen molar-refractivity contribution in [2.45, 2.75) is 20.4 Å². The number of nitrogens with zero attached hydrogens (tertiary/aromatic N) is 7. The van der Waals surface area contributed by atoms with Crippen molar-refractivity contribution in [2.24, 2.45) is 11.7 Å². The maximum atomic E-state index is 5.71. The van der Waals surface area contributed by atoms with Crippen LogP contribution in [0.1, 0.15) is 13.8 Å². The minimum Gasteiger partial charge on any atom is -0.378 e. The maximum absolute atomic E-state index is 5.71. The summed E-state index contributed by atoms with van der Waals surface area (Å²) in [5.74, 6) is 2.70. The number of imidazole rings is 1. The molecule has 11 nitrogen and oxygen atoms in total. The van der Waals surface area contributed by atoms with Crippen molar-refractivity contribution in [3.63, 3.8) is 0 Å². The highest BCUT2D eigenvalue weighted by molar-refractivity contribution is 5.88. The van der Waals surface area contributed by atoms with Crippen LogP contribution in [0.15, 0.2) is 12.4 Å². The number of rotatable bonds is 7. The minimum atomic E-state index is 0.214. The van der Waals surface area contributed by atoms with E-state index in [9.17, 15) is 0 Å². The second kappa shape index (κ2) is 8.76. The molecule has 1 aliphatic heterocycles. The van der Waals surface area contributed by atoms with Crippen molar-refractivity contribution in [3.05, 3.63) is 12.4 Å². The Bertz CT molecular complexity index is 995. The van der Waals surface area contributed by atoms with Gasteiger partial charge in [-0.05, 0) is 5.92 Å². The second-order valence-electron chi connectivity index (χ2n) is 7.63. The Kier molecular flexibility index (Phi) is 5.91. The van der Waals surface area contributed by atoms with Gasteiger partial charge >= 0.3 is 0 Å². The molecule has 0 radical (unpaired) electrons. The van der Waals surface area contributed by atoms with E-state index >= 15 is 0 Å². The van der Waals surface area contributed by atoms with E-state index < -0.39 is 0 Å². The Labute approximate surface area is 174 Å². The second-order valence-corrected chi connectivity index (χ2v) is 7.63. The number of ether oxygens (including phenoxy) is 1. The lowest BCUT2D eigenvalue weighted by Crippen LogP contribution is -2.37. The Morgan fingerprint density at radius 1 is 1.13 bits per heavy atom. The smallest absolute Gasteiger partial charge is 0.219 e. The molecule has 11 heteroatoms. The van der Waals surface area contributed by atoms with Crippen LogP contribution in [0, 0.1) is 5.92 Å². The van der Waals surface area contributed by atoms with E-state index in [2.05, 4.69) is 38.6 Å². The Hall–Kier alpha value is -3.05. The van der Waals surface area contributed by atoms with Crippen LogP contribution in [0.4, 0.5) is 17.7 Å². The minimum absolute atomic E-state index is 0.214. The van der Waals surface area contributed by atoms with Gasteiger partial charge in [0.25, 0.3) is 0 Å². The number of hydrogen-bond donors (Lipinski definition) is 3. The molecule has 0 spiro atoms. The largest absolute Gasteiger partial charge is 0.378 e. The van der Waals surface area contributed by atoms with Crippen molar-refractivity contribution in [1.82, 2.24) is 29.5 Å². The van der Waals surface area contributed by atoms with E-state index in [1.807, 2.05) is 0 Å². The van der Waals surface area contributed by atoms with Gasteiger partial charge in [0, 0.05) is 45.1 Å². The van der Waals surface area contributed by atoms with E-state index in [0.717, 1.165) is 42.6 Å². The molecule has 0 amide bonds. The van der Waals surface area contributed by atoms with Crippen LogP contribution in [-0.4, -0.2) is 68.9 Å². The number of morpholine rings is 1. The number of nitrogens with one attached hydrogen (secondary N) is 1. The fourth-order valence-corrected chi connectivity index (χ4v) is 3.42. The lowest BCUT2D eigenvalue weighted by Gasteiger charge is -2.28. The average Bonchev–Trinajstić information content (AvgIpc) is 3.09. The van der Waals surface area contributed by atoms with Gasteiger partial charge in [0.05, 0.1) is 18.8 Å². The van der Waals surface area contributed by atoms with Gasteiger partial charge in [-0.2, -0.15) is 0 Å². The predicted molar refractivity (Wildman–Crippen MR) is 116 cm³/mol. The molecule has 30 heavy (non-hydrogen) atoms. The zero-order valence-corrected chi connectivity index (χ0v) is 17.4. The third-order valence-electron chi connectivity index (χ3n) is 4.79. The molecular weight excluding hydrogens is 384 g/mol. The zero-order chi connectivity index (χ0) is 21.1. The first-order valence-corrected chi connectivity index (χ1v) is 10.2. The first-order chi connectivity index (χ1) is 14.6. The molecular formula is C19H28N10O. The molecule has 3 aromatic rings. The molecule has 3 aromatic heterocycles. The maximum Gasteiger partial charge on any atom is 0.219 e. The van der Waals surface area contributed by atoms with E-state index in [1.165, 1.54) is 0 Å². The van der Waals surface area contributed by atoms with Crippen LogP contribution < -0.4 is 21.7 Å².